The molecule has 0 fully saturated rings. The van der Waals surface area contributed by atoms with E-state index in [0.29, 0.717) is 5.56 Å². The number of hydrogen-bond donors (Lipinski definition) is 1. The molecule has 0 aliphatic heterocycles. The average Bonchev–Trinajstić information content (AvgIpc) is 2.49. The Balaban J connectivity index is 0.00000106. The zero-order valence-corrected chi connectivity index (χ0v) is 13.2. The first-order chi connectivity index (χ1) is 9.99. The Labute approximate surface area is 127 Å². The van der Waals surface area contributed by atoms with E-state index in [1.54, 1.807) is 19.1 Å². The molecule has 0 saturated heterocycles. The van der Waals surface area contributed by atoms with E-state index < -0.39 is 11.6 Å². The lowest BCUT2D eigenvalue weighted by atomic mass is 10.2. The van der Waals surface area contributed by atoms with Gasteiger partial charge >= 0.3 is 0 Å². The molecule has 0 radical (unpaired) electrons. The van der Waals surface area contributed by atoms with Crippen molar-refractivity contribution in [3.63, 3.8) is 0 Å². The Bertz CT molecular complexity index is 615. The quantitative estimate of drug-likeness (QED) is 0.712. The van der Waals surface area contributed by atoms with Gasteiger partial charge in [-0.25, -0.2) is 13.2 Å². The lowest BCUT2D eigenvalue weighted by Crippen LogP contribution is -1.96. The summed E-state index contributed by atoms with van der Waals surface area (Å²) >= 11 is 1.15. The third kappa shape index (κ3) is 4.43. The van der Waals surface area contributed by atoms with Gasteiger partial charge in [-0.2, -0.15) is 0 Å². The van der Waals surface area contributed by atoms with Crippen LogP contribution in [-0.2, 0) is 0 Å². The molecule has 0 aliphatic carbocycles. The number of nitrogens with one attached hydrogen (secondary N) is 1. The molecule has 5 heteroatoms. The van der Waals surface area contributed by atoms with Gasteiger partial charge in [0.1, 0.15) is 11.6 Å². The highest BCUT2D eigenvalue weighted by atomic mass is 32.2. The minimum atomic E-state index is -0.619. The summed E-state index contributed by atoms with van der Waals surface area (Å²) < 4.78 is 42.7. The Hall–Kier alpha value is -1.62. The molecule has 0 aromatic heterocycles. The maximum absolute atomic E-state index is 13.7. The topological polar surface area (TPSA) is 12.0 Å². The molecule has 1 N–H and O–H groups in total. The van der Waals surface area contributed by atoms with Crippen molar-refractivity contribution in [3.05, 3.63) is 58.9 Å². The van der Waals surface area contributed by atoms with E-state index in [-0.39, 0.29) is 17.1 Å². The molecule has 0 spiro atoms. The lowest BCUT2D eigenvalue weighted by molar-refractivity contribution is 0.571. The SMILES string of the molecule is CC.Cc1cc(SNc2ccc(F)c(C)c2F)ccc1F. The minimum Gasteiger partial charge on any atom is -0.323 e. The third-order valence-electron chi connectivity index (χ3n) is 2.73. The predicted octanol–water partition coefficient (Wildman–Crippen LogP) is 5.87. The van der Waals surface area contributed by atoms with Crippen LogP contribution in [0.4, 0.5) is 18.9 Å². The van der Waals surface area contributed by atoms with Gasteiger partial charge in [0.05, 0.1) is 5.69 Å². The zero-order chi connectivity index (χ0) is 16.0. The van der Waals surface area contributed by atoms with Gasteiger partial charge in [0.2, 0.25) is 0 Å². The standard InChI is InChI=1S/C14H12F3NS.C2H6/c1-8-7-10(3-4-11(8)15)19-18-13-6-5-12(16)9(2)14(13)17;1-2/h3-7,18H,1-2H3;1-2H3. The third-order valence-corrected chi connectivity index (χ3v) is 3.54. The van der Waals surface area contributed by atoms with Crippen molar-refractivity contribution in [2.24, 2.45) is 0 Å². The van der Waals surface area contributed by atoms with E-state index in [2.05, 4.69) is 4.72 Å². The van der Waals surface area contributed by atoms with Crippen LogP contribution in [0.25, 0.3) is 0 Å². The fourth-order valence-electron chi connectivity index (χ4n) is 1.53. The molecule has 0 bridgehead atoms. The van der Waals surface area contributed by atoms with Crippen molar-refractivity contribution in [1.82, 2.24) is 0 Å². The van der Waals surface area contributed by atoms with Gasteiger partial charge in [-0.1, -0.05) is 13.8 Å². The lowest BCUT2D eigenvalue weighted by Gasteiger charge is -2.09. The van der Waals surface area contributed by atoms with Crippen LogP contribution in [0.15, 0.2) is 35.2 Å². The highest BCUT2D eigenvalue weighted by Crippen LogP contribution is 2.26. The molecule has 1 nitrogen and oxygen atoms in total. The summed E-state index contributed by atoms with van der Waals surface area (Å²) in [5, 5.41) is 0. The van der Waals surface area contributed by atoms with Crippen LogP contribution < -0.4 is 4.72 Å². The molecule has 114 valence electrons. The Morgan fingerprint density at radius 3 is 2.14 bits per heavy atom. The average molecular weight is 313 g/mol. The van der Waals surface area contributed by atoms with E-state index in [1.807, 2.05) is 13.8 Å². The van der Waals surface area contributed by atoms with Gasteiger partial charge in [-0.3, -0.25) is 0 Å². The summed E-state index contributed by atoms with van der Waals surface area (Å²) in [6, 6.07) is 7.14. The molecule has 0 atom stereocenters. The second kappa shape index (κ2) is 7.98. The summed E-state index contributed by atoms with van der Waals surface area (Å²) in [7, 11) is 0. The summed E-state index contributed by atoms with van der Waals surface area (Å²) in [5.41, 5.74) is 0.689. The van der Waals surface area contributed by atoms with Crippen molar-refractivity contribution >= 4 is 17.6 Å². The first kappa shape index (κ1) is 17.4. The second-order valence-corrected chi connectivity index (χ2v) is 5.03. The van der Waals surface area contributed by atoms with Crippen molar-refractivity contribution in [2.75, 3.05) is 4.72 Å². The second-order valence-electron chi connectivity index (χ2n) is 4.15. The van der Waals surface area contributed by atoms with Crippen LogP contribution in [0.5, 0.6) is 0 Å². The maximum Gasteiger partial charge on any atom is 0.152 e. The highest BCUT2D eigenvalue weighted by molar-refractivity contribution is 8.00. The van der Waals surface area contributed by atoms with E-state index in [9.17, 15) is 13.2 Å². The molecule has 21 heavy (non-hydrogen) atoms. The molecular formula is C16H18F3NS. The van der Waals surface area contributed by atoms with Gasteiger partial charge in [-0.05, 0) is 61.7 Å². The first-order valence-electron chi connectivity index (χ1n) is 6.62. The molecule has 2 rings (SSSR count). The summed E-state index contributed by atoms with van der Waals surface area (Å²) in [6.07, 6.45) is 0. The number of hydrogen-bond acceptors (Lipinski definition) is 2. The van der Waals surface area contributed by atoms with Crippen molar-refractivity contribution in [3.8, 4) is 0 Å². The maximum atomic E-state index is 13.7. The smallest absolute Gasteiger partial charge is 0.152 e. The van der Waals surface area contributed by atoms with Crippen LogP contribution in [0.2, 0.25) is 0 Å². The normalized spacial score (nSPS) is 9.86. The van der Waals surface area contributed by atoms with Crippen LogP contribution in [0.3, 0.4) is 0 Å². The largest absolute Gasteiger partial charge is 0.323 e. The molecule has 0 unspecified atom stereocenters. The predicted molar refractivity (Wildman–Crippen MR) is 83.1 cm³/mol. The molecule has 0 saturated carbocycles. The number of anilines is 1. The fraction of sp³-hybridized carbons (Fsp3) is 0.250. The van der Waals surface area contributed by atoms with Crippen molar-refractivity contribution in [2.45, 2.75) is 32.6 Å². The minimum absolute atomic E-state index is 0.0270. The van der Waals surface area contributed by atoms with Crippen LogP contribution in [-0.4, -0.2) is 0 Å². The van der Waals surface area contributed by atoms with Gasteiger partial charge < -0.3 is 4.72 Å². The Morgan fingerprint density at radius 1 is 0.905 bits per heavy atom. The zero-order valence-electron chi connectivity index (χ0n) is 12.4. The van der Waals surface area contributed by atoms with Crippen molar-refractivity contribution in [1.29, 1.82) is 0 Å². The van der Waals surface area contributed by atoms with E-state index in [4.69, 9.17) is 0 Å². The van der Waals surface area contributed by atoms with E-state index >= 15 is 0 Å². The van der Waals surface area contributed by atoms with Crippen LogP contribution >= 0.6 is 11.9 Å². The Kier molecular flexibility index (Phi) is 6.62. The monoisotopic (exact) mass is 313 g/mol. The van der Waals surface area contributed by atoms with Gasteiger partial charge in [0.15, 0.2) is 5.82 Å². The number of aryl methyl sites for hydroxylation is 1. The summed E-state index contributed by atoms with van der Waals surface area (Å²) in [4.78, 5) is 0.750. The van der Waals surface area contributed by atoms with Crippen LogP contribution in [0, 0.1) is 31.3 Å². The molecular weight excluding hydrogens is 295 g/mol. The summed E-state index contributed by atoms with van der Waals surface area (Å²) in [5.74, 6) is -1.48. The van der Waals surface area contributed by atoms with E-state index in [0.717, 1.165) is 16.8 Å². The molecule has 2 aromatic carbocycles. The van der Waals surface area contributed by atoms with Crippen LogP contribution in [0.1, 0.15) is 25.0 Å². The Morgan fingerprint density at radius 2 is 1.52 bits per heavy atom. The molecule has 0 heterocycles. The highest BCUT2D eigenvalue weighted by Gasteiger charge is 2.10. The van der Waals surface area contributed by atoms with Gasteiger partial charge in [0, 0.05) is 10.5 Å². The first-order valence-corrected chi connectivity index (χ1v) is 7.44. The number of rotatable bonds is 3. The van der Waals surface area contributed by atoms with Gasteiger partial charge in [-0.15, -0.1) is 0 Å². The molecule has 0 amide bonds. The number of benzene rings is 2. The number of halogens is 3. The fourth-order valence-corrected chi connectivity index (χ4v) is 2.29. The van der Waals surface area contributed by atoms with Gasteiger partial charge in [0.25, 0.3) is 0 Å². The molecule has 0 aliphatic rings. The molecule has 2 aromatic rings. The summed E-state index contributed by atoms with van der Waals surface area (Å²) in [6.45, 7) is 7.03. The van der Waals surface area contributed by atoms with Crippen molar-refractivity contribution < 1.29 is 13.2 Å². The van der Waals surface area contributed by atoms with E-state index in [1.165, 1.54) is 25.1 Å².